The zero-order chi connectivity index (χ0) is 34.6. The number of allylic oxidation sites excluding steroid dienone is 2. The summed E-state index contributed by atoms with van der Waals surface area (Å²) in [6.45, 7) is 0. The van der Waals surface area contributed by atoms with E-state index in [1.165, 1.54) is 37.1 Å². The topological polar surface area (TPSA) is 44.2 Å². The van der Waals surface area contributed by atoms with Crippen LogP contribution in [-0.4, -0.2) is 42.0 Å². The smallest absolute Gasteiger partial charge is 0.380 e. The molecule has 1 aliphatic rings. The molecule has 0 unspecified atom stereocenters. The van der Waals surface area contributed by atoms with Gasteiger partial charge in [0.15, 0.2) is 0 Å². The molecule has 0 saturated carbocycles. The Bertz CT molecular complexity index is 2040. The predicted octanol–water partition coefficient (Wildman–Crippen LogP) is 11.1. The Kier molecular flexibility index (Phi) is 8.11. The number of rotatable bonds is 8. The molecular formula is C37H24F6N2O2S2. The normalized spacial score (nSPS) is 16.2. The average molecular weight is 707 g/mol. The van der Waals surface area contributed by atoms with E-state index in [1.54, 1.807) is 85.2 Å². The van der Waals surface area contributed by atoms with E-state index in [4.69, 9.17) is 9.47 Å². The zero-order valence-corrected chi connectivity index (χ0v) is 27.3. The lowest BCUT2D eigenvalue weighted by molar-refractivity contribution is -0.254. The van der Waals surface area contributed by atoms with E-state index in [-0.39, 0.29) is 0 Å². The molecule has 0 N–H and O–H groups in total. The van der Waals surface area contributed by atoms with Crippen LogP contribution in [0.3, 0.4) is 0 Å². The number of methoxy groups -OCH3 is 2. The van der Waals surface area contributed by atoms with Crippen molar-refractivity contribution >= 4 is 33.8 Å². The van der Waals surface area contributed by atoms with E-state index in [9.17, 15) is 0 Å². The molecule has 0 saturated heterocycles. The van der Waals surface area contributed by atoms with Crippen molar-refractivity contribution in [3.63, 3.8) is 0 Å². The van der Waals surface area contributed by atoms with Crippen LogP contribution >= 0.6 is 22.7 Å². The summed E-state index contributed by atoms with van der Waals surface area (Å²) in [5.74, 6) is -15.0. The Morgan fingerprint density at radius 2 is 0.959 bits per heavy atom. The molecule has 248 valence electrons. The van der Waals surface area contributed by atoms with Crippen LogP contribution in [0.5, 0.6) is 11.5 Å². The number of hydrogen-bond acceptors (Lipinski definition) is 6. The van der Waals surface area contributed by atoms with Gasteiger partial charge in [0.25, 0.3) is 0 Å². The van der Waals surface area contributed by atoms with Crippen LogP contribution < -0.4 is 9.47 Å². The number of alkyl halides is 6. The molecule has 49 heavy (non-hydrogen) atoms. The summed E-state index contributed by atoms with van der Waals surface area (Å²) >= 11 is 1.95. The molecule has 2 aromatic carbocycles. The molecule has 12 heteroatoms. The minimum Gasteiger partial charge on any atom is -0.496 e. The summed E-state index contributed by atoms with van der Waals surface area (Å²) in [5, 5.41) is 2.41. The van der Waals surface area contributed by atoms with Gasteiger partial charge in [0.2, 0.25) is 0 Å². The second-order valence-electron chi connectivity index (χ2n) is 11.1. The lowest BCUT2D eigenvalue weighted by atomic mass is 9.96. The first-order valence-electron chi connectivity index (χ1n) is 14.7. The number of thiophene rings is 2. The van der Waals surface area contributed by atoms with Crippen LogP contribution in [0, 0.1) is 0 Å². The highest BCUT2D eigenvalue weighted by Gasteiger charge is 2.80. The Morgan fingerprint density at radius 1 is 0.531 bits per heavy atom. The van der Waals surface area contributed by atoms with Gasteiger partial charge in [-0.05, 0) is 106 Å². The first kappa shape index (κ1) is 32.6. The van der Waals surface area contributed by atoms with Crippen molar-refractivity contribution in [3.05, 3.63) is 119 Å². The number of benzene rings is 2. The fourth-order valence-corrected chi connectivity index (χ4v) is 7.68. The summed E-state index contributed by atoms with van der Waals surface area (Å²) in [4.78, 5) is 9.51. The quantitative estimate of drug-likeness (QED) is 0.148. The molecule has 0 atom stereocenters. The van der Waals surface area contributed by atoms with Gasteiger partial charge in [-0.15, -0.1) is 22.7 Å². The number of aromatic nitrogens is 2. The third-order valence-electron chi connectivity index (χ3n) is 8.29. The SMILES string of the molecule is COc1ccc(-c2cc(C3=C(c4csc(-c5ccc(OC)c(-c6ccccn6)c5)c4)C(F)(F)C(F)(F)C3(F)F)cs2)cc1-c1ccccn1. The van der Waals surface area contributed by atoms with Crippen molar-refractivity contribution in [2.75, 3.05) is 14.2 Å². The van der Waals surface area contributed by atoms with Crippen LogP contribution in [-0.2, 0) is 0 Å². The van der Waals surface area contributed by atoms with Crippen LogP contribution in [0.15, 0.2) is 108 Å². The minimum absolute atomic E-state index is 0.405. The highest BCUT2D eigenvalue weighted by molar-refractivity contribution is 7.14. The molecule has 4 heterocycles. The first-order valence-corrected chi connectivity index (χ1v) is 16.5. The number of ether oxygens (including phenoxy) is 2. The van der Waals surface area contributed by atoms with Gasteiger partial charge >= 0.3 is 17.8 Å². The lowest BCUT2D eigenvalue weighted by Crippen LogP contribution is -2.48. The van der Waals surface area contributed by atoms with E-state index in [2.05, 4.69) is 9.97 Å². The monoisotopic (exact) mass is 706 g/mol. The van der Waals surface area contributed by atoms with E-state index < -0.39 is 40.0 Å². The molecular weight excluding hydrogens is 683 g/mol. The van der Waals surface area contributed by atoms with Crippen molar-refractivity contribution in [2.24, 2.45) is 0 Å². The first-order chi connectivity index (χ1) is 23.5. The van der Waals surface area contributed by atoms with Crippen LogP contribution in [0.25, 0.3) is 54.5 Å². The van der Waals surface area contributed by atoms with Gasteiger partial charge in [0.05, 0.1) is 25.6 Å². The minimum atomic E-state index is -5.67. The molecule has 4 nitrogen and oxygen atoms in total. The Balaban J connectivity index is 1.34. The Morgan fingerprint density at radius 3 is 1.33 bits per heavy atom. The van der Waals surface area contributed by atoms with Crippen molar-refractivity contribution in [1.29, 1.82) is 0 Å². The molecule has 0 aliphatic heterocycles. The lowest BCUT2D eigenvalue weighted by Gasteiger charge is -2.25. The fraction of sp³-hybridized carbons (Fsp3) is 0.135. The molecule has 7 rings (SSSR count). The second kappa shape index (κ2) is 12.2. The van der Waals surface area contributed by atoms with Gasteiger partial charge in [-0.2, -0.15) is 26.3 Å². The largest absolute Gasteiger partial charge is 0.496 e. The van der Waals surface area contributed by atoms with E-state index in [0.717, 1.165) is 22.7 Å². The molecule has 0 fully saturated rings. The number of pyridine rings is 2. The van der Waals surface area contributed by atoms with Crippen molar-refractivity contribution in [1.82, 2.24) is 9.97 Å². The Hall–Kier alpha value is -4.94. The maximum absolute atomic E-state index is 15.6. The molecule has 0 amide bonds. The molecule has 0 bridgehead atoms. The summed E-state index contributed by atoms with van der Waals surface area (Å²) in [6, 6.07) is 23.2. The highest BCUT2D eigenvalue weighted by Crippen LogP contribution is 2.65. The van der Waals surface area contributed by atoms with Crippen molar-refractivity contribution < 1.29 is 35.8 Å². The highest BCUT2D eigenvalue weighted by atomic mass is 32.1. The third-order valence-corrected chi connectivity index (χ3v) is 10.3. The zero-order valence-electron chi connectivity index (χ0n) is 25.7. The van der Waals surface area contributed by atoms with Crippen molar-refractivity contribution in [2.45, 2.75) is 17.8 Å². The van der Waals surface area contributed by atoms with Gasteiger partial charge < -0.3 is 9.47 Å². The molecule has 1 aliphatic carbocycles. The number of halogens is 6. The standard InChI is InChI=1S/C37H24F6N2O2S2/c1-46-29-11-9-21(15-25(29)27-7-3-5-13-44-27)31-17-23(19-48-31)33-34(36(40,41)37(42,43)35(33,38)39)24-18-32(49-20-24)22-10-12-30(47-2)26(16-22)28-8-4-6-14-45-28/h3-20H,1-2H3. The van der Waals surface area contributed by atoms with Crippen molar-refractivity contribution in [3.8, 4) is 54.9 Å². The summed E-state index contributed by atoms with van der Waals surface area (Å²) < 4.78 is 104. The van der Waals surface area contributed by atoms with Crippen LogP contribution in [0.1, 0.15) is 11.1 Å². The second-order valence-corrected chi connectivity index (χ2v) is 13.0. The molecule has 4 aromatic heterocycles. The Labute approximate surface area is 285 Å². The third kappa shape index (κ3) is 5.30. The van der Waals surface area contributed by atoms with Gasteiger partial charge in [-0.1, -0.05) is 12.1 Å². The van der Waals surface area contributed by atoms with Crippen LogP contribution in [0.4, 0.5) is 26.3 Å². The van der Waals surface area contributed by atoms with Gasteiger partial charge in [0.1, 0.15) is 11.5 Å². The van der Waals surface area contributed by atoms with Gasteiger partial charge in [0, 0.05) is 44.4 Å². The molecule has 0 radical (unpaired) electrons. The maximum Gasteiger partial charge on any atom is 0.380 e. The summed E-state index contributed by atoms with van der Waals surface area (Å²) in [5.41, 5.74) is -0.174. The maximum atomic E-state index is 15.6. The van der Waals surface area contributed by atoms with E-state index >= 15 is 26.3 Å². The fourth-order valence-electron chi connectivity index (χ4n) is 5.88. The predicted molar refractivity (Wildman–Crippen MR) is 181 cm³/mol. The van der Waals surface area contributed by atoms with Crippen LogP contribution in [0.2, 0.25) is 0 Å². The summed E-state index contributed by atoms with van der Waals surface area (Å²) in [7, 11) is 2.98. The average Bonchev–Trinajstić information content (AvgIpc) is 3.83. The molecule has 0 spiro atoms. The van der Waals surface area contributed by atoms with Gasteiger partial charge in [-0.25, -0.2) is 0 Å². The van der Waals surface area contributed by atoms with E-state index in [1.807, 2.05) is 0 Å². The van der Waals surface area contributed by atoms with E-state index in [0.29, 0.717) is 54.9 Å². The van der Waals surface area contributed by atoms with Gasteiger partial charge in [-0.3, -0.25) is 9.97 Å². The number of nitrogens with zero attached hydrogens (tertiary/aromatic N) is 2. The number of hydrogen-bond donors (Lipinski definition) is 0. The summed E-state index contributed by atoms with van der Waals surface area (Å²) in [6.07, 6.45) is 3.20. The molecule has 6 aromatic rings.